The summed E-state index contributed by atoms with van der Waals surface area (Å²) in [7, 11) is 1.81. The van der Waals surface area contributed by atoms with E-state index in [1.54, 1.807) is 9.80 Å². The van der Waals surface area contributed by atoms with Gasteiger partial charge in [0.05, 0.1) is 6.04 Å². The quantitative estimate of drug-likeness (QED) is 0.636. The zero-order valence-electron chi connectivity index (χ0n) is 10.9. The molecule has 2 amide bonds. The third-order valence-corrected chi connectivity index (χ3v) is 3.39. The molecule has 5 nitrogen and oxygen atoms in total. The summed E-state index contributed by atoms with van der Waals surface area (Å²) in [5.41, 5.74) is -0.462. The first-order valence-electron chi connectivity index (χ1n) is 6.01. The first-order valence-corrected chi connectivity index (χ1v) is 6.01. The summed E-state index contributed by atoms with van der Waals surface area (Å²) in [5, 5.41) is 0. The lowest BCUT2D eigenvalue weighted by molar-refractivity contribution is -0.127. The van der Waals surface area contributed by atoms with Crippen LogP contribution >= 0.6 is 0 Å². The number of carbonyl (C=O) groups excluding carboxylic acids is 2. The van der Waals surface area contributed by atoms with E-state index >= 15 is 0 Å². The van der Waals surface area contributed by atoms with Gasteiger partial charge in [0.1, 0.15) is 5.60 Å². The Morgan fingerprint density at radius 2 is 2.00 bits per heavy atom. The Bertz CT molecular complexity index is 348. The second-order valence-corrected chi connectivity index (χ2v) is 5.92. The van der Waals surface area contributed by atoms with Crippen LogP contribution in [0.15, 0.2) is 0 Å². The van der Waals surface area contributed by atoms with Crippen LogP contribution in [0.5, 0.6) is 0 Å². The van der Waals surface area contributed by atoms with Gasteiger partial charge in [-0.1, -0.05) is 0 Å². The highest BCUT2D eigenvalue weighted by Gasteiger charge is 2.45. The summed E-state index contributed by atoms with van der Waals surface area (Å²) < 4.78 is 5.33. The van der Waals surface area contributed by atoms with Crippen LogP contribution in [0, 0.1) is 5.92 Å². The van der Waals surface area contributed by atoms with Crippen molar-refractivity contribution in [2.24, 2.45) is 5.92 Å². The van der Waals surface area contributed by atoms with E-state index in [4.69, 9.17) is 4.74 Å². The number of likely N-dealkylation sites (tertiary alicyclic amines) is 2. The molecule has 5 heteroatoms. The number of fused-ring (bicyclic) bond motifs is 1. The lowest BCUT2D eigenvalue weighted by Crippen LogP contribution is -2.39. The van der Waals surface area contributed by atoms with Crippen molar-refractivity contribution in [3.05, 3.63) is 0 Å². The Hall–Kier alpha value is -1.26. The second-order valence-electron chi connectivity index (χ2n) is 5.92. The lowest BCUT2D eigenvalue weighted by Gasteiger charge is -2.25. The monoisotopic (exact) mass is 240 g/mol. The molecule has 0 radical (unpaired) electrons. The first kappa shape index (κ1) is 12.2. The van der Waals surface area contributed by atoms with E-state index < -0.39 is 5.60 Å². The Morgan fingerprint density at radius 1 is 1.35 bits per heavy atom. The summed E-state index contributed by atoms with van der Waals surface area (Å²) in [5.74, 6) is 0.462. The van der Waals surface area contributed by atoms with Gasteiger partial charge in [-0.2, -0.15) is 0 Å². The van der Waals surface area contributed by atoms with Gasteiger partial charge in [0.25, 0.3) is 0 Å². The van der Waals surface area contributed by atoms with Gasteiger partial charge < -0.3 is 14.5 Å². The molecule has 0 spiro atoms. The molecule has 2 rings (SSSR count). The molecule has 2 unspecified atom stereocenters. The van der Waals surface area contributed by atoms with Crippen molar-refractivity contribution in [3.63, 3.8) is 0 Å². The van der Waals surface area contributed by atoms with Crippen LogP contribution in [0.3, 0.4) is 0 Å². The van der Waals surface area contributed by atoms with Crippen molar-refractivity contribution < 1.29 is 14.3 Å². The van der Waals surface area contributed by atoms with Crippen LogP contribution in [0.2, 0.25) is 0 Å². The van der Waals surface area contributed by atoms with Crippen molar-refractivity contribution in [2.45, 2.75) is 38.8 Å². The van der Waals surface area contributed by atoms with Gasteiger partial charge in [0.15, 0.2) is 0 Å². The predicted molar refractivity (Wildman–Crippen MR) is 62.5 cm³/mol. The van der Waals surface area contributed by atoms with Gasteiger partial charge in [0.2, 0.25) is 5.91 Å². The number of amides is 2. The molecule has 2 aliphatic heterocycles. The molecule has 0 bridgehead atoms. The molecule has 96 valence electrons. The van der Waals surface area contributed by atoms with Crippen molar-refractivity contribution in [1.29, 1.82) is 0 Å². The number of hydrogen-bond donors (Lipinski definition) is 0. The van der Waals surface area contributed by atoms with Gasteiger partial charge >= 0.3 is 6.09 Å². The molecule has 17 heavy (non-hydrogen) atoms. The minimum atomic E-state index is -0.462. The summed E-state index contributed by atoms with van der Waals surface area (Å²) in [6.07, 6.45) is 0.285. The average Bonchev–Trinajstić information content (AvgIpc) is 2.66. The summed E-state index contributed by atoms with van der Waals surface area (Å²) >= 11 is 0. The van der Waals surface area contributed by atoms with E-state index in [0.29, 0.717) is 19.5 Å². The number of rotatable bonds is 0. The van der Waals surface area contributed by atoms with Crippen LogP contribution in [-0.4, -0.2) is 53.6 Å². The molecule has 2 fully saturated rings. The predicted octanol–water partition coefficient (Wildman–Crippen LogP) is 1.08. The number of nitrogens with zero attached hydrogens (tertiary/aromatic N) is 2. The Balaban J connectivity index is 1.96. The highest BCUT2D eigenvalue weighted by atomic mass is 16.6. The van der Waals surface area contributed by atoms with Crippen molar-refractivity contribution >= 4 is 12.0 Å². The summed E-state index contributed by atoms with van der Waals surface area (Å²) in [4.78, 5) is 26.8. The molecule has 2 aliphatic rings. The third-order valence-electron chi connectivity index (χ3n) is 3.39. The molecular weight excluding hydrogens is 220 g/mol. The summed E-state index contributed by atoms with van der Waals surface area (Å²) in [6, 6.07) is 0.176. The van der Waals surface area contributed by atoms with E-state index in [9.17, 15) is 9.59 Å². The Labute approximate surface area is 102 Å². The summed E-state index contributed by atoms with van der Waals surface area (Å²) in [6.45, 7) is 6.81. The van der Waals surface area contributed by atoms with Gasteiger partial charge in [-0.3, -0.25) is 4.79 Å². The largest absolute Gasteiger partial charge is 0.444 e. The number of hydrogen-bond acceptors (Lipinski definition) is 3. The number of carbonyl (C=O) groups is 2. The molecule has 0 aliphatic carbocycles. The standard InChI is InChI=1S/C12H20N2O3/c1-12(2,3)17-11(16)14-6-8-5-10(15)13(4)9(8)7-14/h8-9H,5-7H2,1-4H3. The normalized spacial score (nSPS) is 28.6. The van der Waals surface area contributed by atoms with E-state index in [-0.39, 0.29) is 24.0 Å². The second kappa shape index (κ2) is 3.89. The van der Waals surface area contributed by atoms with E-state index in [0.717, 1.165) is 0 Å². The minimum Gasteiger partial charge on any atom is -0.444 e. The van der Waals surface area contributed by atoms with E-state index in [1.807, 2.05) is 27.8 Å². The highest BCUT2D eigenvalue weighted by Crippen LogP contribution is 2.31. The average molecular weight is 240 g/mol. The Morgan fingerprint density at radius 3 is 2.53 bits per heavy atom. The Kier molecular flexibility index (Phi) is 2.79. The molecular formula is C12H20N2O3. The lowest BCUT2D eigenvalue weighted by atomic mass is 10.1. The topological polar surface area (TPSA) is 49.9 Å². The third kappa shape index (κ3) is 2.37. The van der Waals surface area contributed by atoms with E-state index in [2.05, 4.69) is 0 Å². The van der Waals surface area contributed by atoms with Crippen LogP contribution in [0.1, 0.15) is 27.2 Å². The number of likely N-dealkylation sites (N-methyl/N-ethyl adjacent to an activating group) is 1. The van der Waals surface area contributed by atoms with Gasteiger partial charge in [-0.25, -0.2) is 4.79 Å². The molecule has 2 heterocycles. The maximum absolute atomic E-state index is 11.9. The van der Waals surface area contributed by atoms with Gasteiger partial charge in [0, 0.05) is 32.5 Å². The molecule has 0 aromatic rings. The zero-order valence-corrected chi connectivity index (χ0v) is 10.9. The first-order chi connectivity index (χ1) is 7.78. The van der Waals surface area contributed by atoms with Crippen molar-refractivity contribution in [2.75, 3.05) is 20.1 Å². The highest BCUT2D eigenvalue weighted by molar-refractivity contribution is 5.80. The molecule has 0 aromatic heterocycles. The van der Waals surface area contributed by atoms with Crippen LogP contribution < -0.4 is 0 Å². The van der Waals surface area contributed by atoms with Crippen LogP contribution in [-0.2, 0) is 9.53 Å². The van der Waals surface area contributed by atoms with Crippen molar-refractivity contribution in [1.82, 2.24) is 9.80 Å². The van der Waals surface area contributed by atoms with Gasteiger partial charge in [-0.05, 0) is 20.8 Å². The maximum atomic E-state index is 11.9. The fourth-order valence-corrected chi connectivity index (χ4v) is 2.52. The molecule has 2 atom stereocenters. The molecule has 0 saturated carbocycles. The van der Waals surface area contributed by atoms with Crippen LogP contribution in [0.4, 0.5) is 4.79 Å². The van der Waals surface area contributed by atoms with Crippen molar-refractivity contribution in [3.8, 4) is 0 Å². The molecule has 0 aromatic carbocycles. The fourth-order valence-electron chi connectivity index (χ4n) is 2.52. The fraction of sp³-hybridized carbons (Fsp3) is 0.833. The minimum absolute atomic E-state index is 0.176. The number of ether oxygens (including phenoxy) is 1. The van der Waals surface area contributed by atoms with Crippen LogP contribution in [0.25, 0.3) is 0 Å². The molecule has 2 saturated heterocycles. The SMILES string of the molecule is CN1C(=O)CC2CN(C(=O)OC(C)(C)C)CC21. The van der Waals surface area contributed by atoms with Gasteiger partial charge in [-0.15, -0.1) is 0 Å². The zero-order chi connectivity index (χ0) is 12.8. The van der Waals surface area contributed by atoms with E-state index in [1.165, 1.54) is 0 Å². The molecule has 0 N–H and O–H groups in total. The smallest absolute Gasteiger partial charge is 0.410 e. The maximum Gasteiger partial charge on any atom is 0.410 e.